The van der Waals surface area contributed by atoms with Gasteiger partial charge in [-0.25, -0.2) is 4.79 Å². The maximum Gasteiger partial charge on any atom is 0.511 e. The summed E-state index contributed by atoms with van der Waals surface area (Å²) in [5, 5.41) is 8.77. The van der Waals surface area contributed by atoms with Crippen LogP contribution in [0.25, 0.3) is 0 Å². The molecular formula is C24H28N2O4. The summed E-state index contributed by atoms with van der Waals surface area (Å²) in [6, 6.07) is 17.2. The minimum absolute atomic E-state index is 0.506. The number of nitrogens with zero attached hydrogens (tertiary/aromatic N) is 2. The maximum atomic E-state index is 10.7. The number of carboxylic acid groups (broad SMARTS) is 1. The number of ether oxygens (including phenoxy) is 2. The second-order valence-electron chi connectivity index (χ2n) is 7.62. The van der Waals surface area contributed by atoms with E-state index in [0.717, 1.165) is 38.9 Å². The van der Waals surface area contributed by atoms with Gasteiger partial charge in [-0.05, 0) is 48.6 Å². The zero-order chi connectivity index (χ0) is 20.8. The zero-order valence-corrected chi connectivity index (χ0v) is 17.1. The first-order valence-corrected chi connectivity index (χ1v) is 10.5. The van der Waals surface area contributed by atoms with Gasteiger partial charge in [0.05, 0.1) is 19.8 Å². The lowest BCUT2D eigenvalue weighted by atomic mass is 10.0. The Balaban J connectivity index is 1.31. The monoisotopic (exact) mass is 408 g/mol. The van der Waals surface area contributed by atoms with Gasteiger partial charge in [0.25, 0.3) is 0 Å². The number of hydrogen-bond acceptors (Lipinski definition) is 5. The van der Waals surface area contributed by atoms with E-state index < -0.39 is 6.16 Å². The Kier molecular flexibility index (Phi) is 6.67. The zero-order valence-electron chi connectivity index (χ0n) is 17.1. The molecule has 2 heterocycles. The van der Waals surface area contributed by atoms with Crippen molar-refractivity contribution in [2.45, 2.75) is 19.3 Å². The Hall–Kier alpha value is -2.83. The van der Waals surface area contributed by atoms with Gasteiger partial charge in [-0.3, -0.25) is 4.90 Å². The molecule has 1 N–H and O–H groups in total. The molecule has 4 rings (SSSR count). The van der Waals surface area contributed by atoms with Gasteiger partial charge < -0.3 is 19.5 Å². The summed E-state index contributed by atoms with van der Waals surface area (Å²) >= 11 is 0. The van der Waals surface area contributed by atoms with Gasteiger partial charge in [0.2, 0.25) is 0 Å². The Morgan fingerprint density at radius 3 is 2.23 bits per heavy atom. The van der Waals surface area contributed by atoms with E-state index in [9.17, 15) is 4.79 Å². The van der Waals surface area contributed by atoms with Crippen LogP contribution in [0.1, 0.15) is 17.5 Å². The second kappa shape index (κ2) is 9.78. The third kappa shape index (κ3) is 5.01. The van der Waals surface area contributed by atoms with Crippen molar-refractivity contribution in [2.24, 2.45) is 0 Å². The smallest absolute Gasteiger partial charge is 0.449 e. The predicted octanol–water partition coefficient (Wildman–Crippen LogP) is 4.22. The molecule has 0 atom stereocenters. The molecule has 6 heteroatoms. The highest BCUT2D eigenvalue weighted by molar-refractivity contribution is 5.71. The van der Waals surface area contributed by atoms with Gasteiger partial charge in [-0.2, -0.15) is 0 Å². The Morgan fingerprint density at radius 2 is 1.57 bits per heavy atom. The van der Waals surface area contributed by atoms with Crippen LogP contribution in [0.3, 0.4) is 0 Å². The molecule has 0 unspecified atom stereocenters. The van der Waals surface area contributed by atoms with E-state index in [2.05, 4.69) is 58.3 Å². The average Bonchev–Trinajstić information content (AvgIpc) is 2.91. The van der Waals surface area contributed by atoms with Crippen molar-refractivity contribution >= 4 is 17.5 Å². The number of benzene rings is 2. The fourth-order valence-electron chi connectivity index (χ4n) is 4.21. The molecule has 0 bridgehead atoms. The predicted molar refractivity (Wildman–Crippen MR) is 116 cm³/mol. The van der Waals surface area contributed by atoms with Crippen molar-refractivity contribution in [1.29, 1.82) is 0 Å². The number of aryl methyl sites for hydroxylation is 2. The van der Waals surface area contributed by atoms with Gasteiger partial charge in [0, 0.05) is 31.0 Å². The van der Waals surface area contributed by atoms with Gasteiger partial charge >= 0.3 is 6.16 Å². The van der Waals surface area contributed by atoms with Crippen LogP contribution in [0.2, 0.25) is 0 Å². The topological polar surface area (TPSA) is 62.2 Å². The van der Waals surface area contributed by atoms with Crippen molar-refractivity contribution in [3.8, 4) is 0 Å². The largest absolute Gasteiger partial charge is 0.511 e. The van der Waals surface area contributed by atoms with Crippen LogP contribution in [0, 0.1) is 0 Å². The third-order valence-electron chi connectivity index (χ3n) is 5.65. The van der Waals surface area contributed by atoms with Crippen molar-refractivity contribution in [2.75, 3.05) is 44.3 Å². The van der Waals surface area contributed by atoms with E-state index >= 15 is 0 Å². The summed E-state index contributed by atoms with van der Waals surface area (Å²) in [6.45, 7) is 4.20. The van der Waals surface area contributed by atoms with Gasteiger partial charge in [-0.15, -0.1) is 0 Å². The van der Waals surface area contributed by atoms with Crippen LogP contribution in [-0.2, 0) is 22.3 Å². The highest BCUT2D eigenvalue weighted by Crippen LogP contribution is 2.35. The quantitative estimate of drug-likeness (QED) is 0.547. The van der Waals surface area contributed by atoms with Crippen LogP contribution in [0.15, 0.2) is 60.4 Å². The van der Waals surface area contributed by atoms with Gasteiger partial charge in [0.1, 0.15) is 5.76 Å². The molecule has 0 aliphatic carbocycles. The first-order valence-electron chi connectivity index (χ1n) is 10.5. The Bertz CT molecular complexity index is 864. The van der Waals surface area contributed by atoms with Crippen LogP contribution in [0.5, 0.6) is 0 Å². The minimum atomic E-state index is -1.25. The van der Waals surface area contributed by atoms with Crippen LogP contribution in [-0.4, -0.2) is 55.6 Å². The lowest BCUT2D eigenvalue weighted by Gasteiger charge is -2.28. The Morgan fingerprint density at radius 1 is 0.933 bits per heavy atom. The minimum Gasteiger partial charge on any atom is -0.449 e. The number of para-hydroxylation sites is 2. The molecule has 0 spiro atoms. The SMILES string of the molecule is O=C(O)OC1=CCCN(CCOCCN2c3ccccc3CCc3ccccc32)C1. The molecule has 2 aliphatic heterocycles. The van der Waals surface area contributed by atoms with E-state index in [0.29, 0.717) is 25.5 Å². The lowest BCUT2D eigenvalue weighted by molar-refractivity contribution is 0.0896. The summed E-state index contributed by atoms with van der Waals surface area (Å²) in [5.41, 5.74) is 5.28. The summed E-state index contributed by atoms with van der Waals surface area (Å²) in [5.74, 6) is 0.506. The molecule has 0 saturated carbocycles. The fraction of sp³-hybridized carbons (Fsp3) is 0.375. The molecule has 30 heavy (non-hydrogen) atoms. The maximum absolute atomic E-state index is 10.7. The van der Waals surface area contributed by atoms with Crippen LogP contribution in [0.4, 0.5) is 16.2 Å². The molecule has 0 saturated heterocycles. The molecule has 2 aliphatic rings. The van der Waals surface area contributed by atoms with Crippen molar-refractivity contribution in [3.63, 3.8) is 0 Å². The van der Waals surface area contributed by atoms with Crippen LogP contribution >= 0.6 is 0 Å². The van der Waals surface area contributed by atoms with E-state index in [4.69, 9.17) is 14.6 Å². The Labute approximate surface area is 177 Å². The molecule has 158 valence electrons. The summed E-state index contributed by atoms with van der Waals surface area (Å²) in [7, 11) is 0. The third-order valence-corrected chi connectivity index (χ3v) is 5.65. The molecule has 0 amide bonds. The van der Waals surface area contributed by atoms with Gasteiger partial charge in [-0.1, -0.05) is 36.4 Å². The van der Waals surface area contributed by atoms with E-state index in [1.165, 1.54) is 22.5 Å². The average molecular weight is 408 g/mol. The van der Waals surface area contributed by atoms with Crippen molar-refractivity contribution < 1.29 is 19.4 Å². The summed E-state index contributed by atoms with van der Waals surface area (Å²) in [4.78, 5) is 15.2. The molecule has 0 fully saturated rings. The number of fused-ring (bicyclic) bond motifs is 2. The first-order chi connectivity index (χ1) is 14.7. The number of carbonyl (C=O) groups is 1. The number of hydrogen-bond donors (Lipinski definition) is 1. The van der Waals surface area contributed by atoms with Crippen LogP contribution < -0.4 is 4.90 Å². The molecule has 0 aromatic heterocycles. The molecule has 6 nitrogen and oxygen atoms in total. The fourth-order valence-corrected chi connectivity index (χ4v) is 4.21. The van der Waals surface area contributed by atoms with Crippen molar-refractivity contribution in [1.82, 2.24) is 4.90 Å². The summed E-state index contributed by atoms with van der Waals surface area (Å²) < 4.78 is 10.8. The highest BCUT2D eigenvalue weighted by atomic mass is 16.7. The van der Waals surface area contributed by atoms with Gasteiger partial charge in [0.15, 0.2) is 0 Å². The van der Waals surface area contributed by atoms with E-state index in [-0.39, 0.29) is 0 Å². The van der Waals surface area contributed by atoms with E-state index in [1.807, 2.05) is 6.08 Å². The molecule has 2 aromatic carbocycles. The molecule has 2 aromatic rings. The first kappa shape index (κ1) is 20.4. The number of anilines is 2. The summed E-state index contributed by atoms with van der Waals surface area (Å²) in [6.07, 6.45) is 3.49. The van der Waals surface area contributed by atoms with Crippen molar-refractivity contribution in [3.05, 3.63) is 71.5 Å². The normalized spacial score (nSPS) is 16.3. The van der Waals surface area contributed by atoms with E-state index in [1.54, 1.807) is 0 Å². The standard InChI is InChI=1S/C24H28N2O4/c27-24(28)30-21-8-5-13-25(18-21)14-16-29-17-15-26-22-9-3-1-6-19(22)11-12-20-7-2-4-10-23(20)26/h1-4,6-10H,5,11-18H2,(H,27,28). The lowest BCUT2D eigenvalue weighted by Crippen LogP contribution is -2.34. The second-order valence-corrected chi connectivity index (χ2v) is 7.62. The molecular weight excluding hydrogens is 380 g/mol. The molecule has 0 radical (unpaired) electrons. The highest BCUT2D eigenvalue weighted by Gasteiger charge is 2.20. The number of rotatable bonds is 7.